The molecule has 100 valence electrons. The van der Waals surface area contributed by atoms with Crippen LogP contribution in [0.2, 0.25) is 0 Å². The van der Waals surface area contributed by atoms with Crippen molar-refractivity contribution in [2.75, 3.05) is 31.1 Å². The first kappa shape index (κ1) is 13.3. The van der Waals surface area contributed by atoms with Gasteiger partial charge in [-0.3, -0.25) is 4.79 Å². The van der Waals surface area contributed by atoms with Crippen molar-refractivity contribution in [1.29, 1.82) is 5.26 Å². The number of likely N-dealkylation sites (N-methyl/N-ethyl adjacent to an activating group) is 1. The number of rotatable bonds is 3. The summed E-state index contributed by atoms with van der Waals surface area (Å²) in [4.78, 5) is 18.0. The second-order valence-electron chi connectivity index (χ2n) is 4.32. The van der Waals surface area contributed by atoms with Crippen LogP contribution in [0.15, 0.2) is 18.3 Å². The van der Waals surface area contributed by atoms with Gasteiger partial charge in [-0.15, -0.1) is 0 Å². The maximum absolute atomic E-state index is 12.1. The van der Waals surface area contributed by atoms with E-state index in [1.165, 1.54) is 0 Å². The average Bonchev–Trinajstić information content (AvgIpc) is 2.47. The number of nitrogens with one attached hydrogen (secondary N) is 2. The Bertz CT molecular complexity index is 496. The SMILES string of the molecule is CCNC(=O)C1CNCCN1c1ccnc(C#N)c1. The van der Waals surface area contributed by atoms with Crippen LogP contribution in [0.1, 0.15) is 12.6 Å². The van der Waals surface area contributed by atoms with Crippen LogP contribution in [0.3, 0.4) is 0 Å². The number of piperazine rings is 1. The van der Waals surface area contributed by atoms with Gasteiger partial charge in [0.15, 0.2) is 0 Å². The van der Waals surface area contributed by atoms with Gasteiger partial charge in [-0.2, -0.15) is 5.26 Å². The number of hydrogen-bond acceptors (Lipinski definition) is 5. The fourth-order valence-corrected chi connectivity index (χ4v) is 2.20. The van der Waals surface area contributed by atoms with E-state index in [4.69, 9.17) is 5.26 Å². The van der Waals surface area contributed by atoms with Crippen LogP contribution in [-0.4, -0.2) is 43.1 Å². The van der Waals surface area contributed by atoms with E-state index in [2.05, 4.69) is 15.6 Å². The molecule has 0 aromatic carbocycles. The van der Waals surface area contributed by atoms with E-state index in [1.54, 1.807) is 12.3 Å². The first-order valence-corrected chi connectivity index (χ1v) is 6.37. The summed E-state index contributed by atoms with van der Waals surface area (Å²) in [5.41, 5.74) is 1.23. The Hall–Kier alpha value is -2.13. The van der Waals surface area contributed by atoms with Gasteiger partial charge in [-0.1, -0.05) is 0 Å². The fraction of sp³-hybridized carbons (Fsp3) is 0.462. The van der Waals surface area contributed by atoms with E-state index in [9.17, 15) is 4.79 Å². The van der Waals surface area contributed by atoms with Crippen LogP contribution in [0.25, 0.3) is 0 Å². The molecule has 0 bridgehead atoms. The third-order valence-electron chi connectivity index (χ3n) is 3.09. The maximum atomic E-state index is 12.1. The first-order chi connectivity index (χ1) is 9.26. The van der Waals surface area contributed by atoms with Gasteiger partial charge in [0, 0.05) is 38.1 Å². The quantitative estimate of drug-likeness (QED) is 0.790. The standard InChI is InChI=1S/C13H17N5O/c1-2-16-13(19)12-9-15-5-6-18(12)11-3-4-17-10(7-11)8-14/h3-4,7,12,15H,2,5-6,9H2,1H3,(H,16,19). The summed E-state index contributed by atoms with van der Waals surface area (Å²) in [5, 5.41) is 15.0. The highest BCUT2D eigenvalue weighted by Crippen LogP contribution is 2.18. The minimum Gasteiger partial charge on any atom is -0.357 e. The molecule has 0 spiro atoms. The van der Waals surface area contributed by atoms with Crippen molar-refractivity contribution in [1.82, 2.24) is 15.6 Å². The summed E-state index contributed by atoms with van der Waals surface area (Å²) in [6, 6.07) is 5.33. The van der Waals surface area contributed by atoms with E-state index in [1.807, 2.05) is 24.0 Å². The van der Waals surface area contributed by atoms with Gasteiger partial charge < -0.3 is 15.5 Å². The maximum Gasteiger partial charge on any atom is 0.244 e. The Morgan fingerprint density at radius 2 is 2.58 bits per heavy atom. The summed E-state index contributed by atoms with van der Waals surface area (Å²) in [6.07, 6.45) is 1.60. The molecule has 2 heterocycles. The van der Waals surface area contributed by atoms with Crippen molar-refractivity contribution in [3.8, 4) is 6.07 Å². The highest BCUT2D eigenvalue weighted by Gasteiger charge is 2.28. The summed E-state index contributed by atoms with van der Waals surface area (Å²) >= 11 is 0. The van der Waals surface area contributed by atoms with Gasteiger partial charge in [0.1, 0.15) is 17.8 Å². The number of nitrogens with zero attached hydrogens (tertiary/aromatic N) is 3. The average molecular weight is 259 g/mol. The van der Waals surface area contributed by atoms with Crippen molar-refractivity contribution in [2.45, 2.75) is 13.0 Å². The molecule has 1 aromatic heterocycles. The molecule has 2 rings (SSSR count). The van der Waals surface area contributed by atoms with Crippen LogP contribution < -0.4 is 15.5 Å². The molecule has 1 unspecified atom stereocenters. The highest BCUT2D eigenvalue weighted by molar-refractivity contribution is 5.85. The van der Waals surface area contributed by atoms with Crippen molar-refractivity contribution >= 4 is 11.6 Å². The number of carbonyl (C=O) groups excluding carboxylic acids is 1. The Morgan fingerprint density at radius 3 is 3.32 bits per heavy atom. The van der Waals surface area contributed by atoms with Crippen LogP contribution >= 0.6 is 0 Å². The molecule has 6 nitrogen and oxygen atoms in total. The third-order valence-corrected chi connectivity index (χ3v) is 3.09. The van der Waals surface area contributed by atoms with E-state index in [0.717, 1.165) is 18.8 Å². The minimum absolute atomic E-state index is 0.00465. The third kappa shape index (κ3) is 3.01. The van der Waals surface area contributed by atoms with Gasteiger partial charge in [0.05, 0.1) is 0 Å². The summed E-state index contributed by atoms with van der Waals surface area (Å²) < 4.78 is 0. The first-order valence-electron chi connectivity index (χ1n) is 6.37. The van der Waals surface area contributed by atoms with Crippen LogP contribution in [0.5, 0.6) is 0 Å². The minimum atomic E-state index is -0.248. The number of carbonyl (C=O) groups is 1. The molecule has 1 aromatic rings. The molecule has 1 atom stereocenters. The zero-order valence-corrected chi connectivity index (χ0v) is 10.9. The predicted octanol–water partition coefficient (Wildman–Crippen LogP) is -0.132. The van der Waals surface area contributed by atoms with E-state index >= 15 is 0 Å². The van der Waals surface area contributed by atoms with Crippen molar-refractivity contribution in [3.05, 3.63) is 24.0 Å². The van der Waals surface area contributed by atoms with E-state index in [0.29, 0.717) is 18.8 Å². The molecular formula is C13H17N5O. The van der Waals surface area contributed by atoms with Gasteiger partial charge in [-0.25, -0.2) is 4.98 Å². The van der Waals surface area contributed by atoms with Gasteiger partial charge in [-0.05, 0) is 19.1 Å². The predicted molar refractivity (Wildman–Crippen MR) is 71.6 cm³/mol. The van der Waals surface area contributed by atoms with Crippen molar-refractivity contribution < 1.29 is 4.79 Å². The van der Waals surface area contributed by atoms with Crippen LogP contribution in [0.4, 0.5) is 5.69 Å². The summed E-state index contributed by atoms with van der Waals surface area (Å²) in [7, 11) is 0. The Kier molecular flexibility index (Phi) is 4.31. The highest BCUT2D eigenvalue weighted by atomic mass is 16.2. The Morgan fingerprint density at radius 1 is 1.74 bits per heavy atom. The number of pyridine rings is 1. The normalized spacial score (nSPS) is 18.7. The summed E-state index contributed by atoms with van der Waals surface area (Å²) in [5.74, 6) is 0.00465. The number of amides is 1. The zero-order valence-electron chi connectivity index (χ0n) is 10.9. The second-order valence-corrected chi connectivity index (χ2v) is 4.32. The Balaban J connectivity index is 2.23. The van der Waals surface area contributed by atoms with Crippen molar-refractivity contribution in [3.63, 3.8) is 0 Å². The molecule has 0 saturated carbocycles. The zero-order chi connectivity index (χ0) is 13.7. The van der Waals surface area contributed by atoms with Gasteiger partial charge >= 0.3 is 0 Å². The molecular weight excluding hydrogens is 242 g/mol. The molecule has 0 radical (unpaired) electrons. The smallest absolute Gasteiger partial charge is 0.244 e. The summed E-state index contributed by atoms with van der Waals surface area (Å²) in [6.45, 7) is 4.68. The number of aromatic nitrogens is 1. The number of nitriles is 1. The monoisotopic (exact) mass is 259 g/mol. The lowest BCUT2D eigenvalue weighted by molar-refractivity contribution is -0.122. The van der Waals surface area contributed by atoms with Gasteiger partial charge in [0.2, 0.25) is 5.91 Å². The lowest BCUT2D eigenvalue weighted by atomic mass is 10.1. The molecule has 1 aliphatic rings. The largest absolute Gasteiger partial charge is 0.357 e. The molecule has 1 aliphatic heterocycles. The van der Waals surface area contributed by atoms with Crippen LogP contribution in [-0.2, 0) is 4.79 Å². The van der Waals surface area contributed by atoms with Gasteiger partial charge in [0.25, 0.3) is 0 Å². The van der Waals surface area contributed by atoms with E-state index in [-0.39, 0.29) is 11.9 Å². The lowest BCUT2D eigenvalue weighted by Crippen LogP contribution is -2.58. The van der Waals surface area contributed by atoms with E-state index < -0.39 is 0 Å². The molecule has 6 heteroatoms. The molecule has 0 aliphatic carbocycles. The Labute approximate surface area is 112 Å². The molecule has 1 fully saturated rings. The molecule has 2 N–H and O–H groups in total. The topological polar surface area (TPSA) is 81.1 Å². The fourth-order valence-electron chi connectivity index (χ4n) is 2.20. The van der Waals surface area contributed by atoms with Crippen molar-refractivity contribution in [2.24, 2.45) is 0 Å². The molecule has 19 heavy (non-hydrogen) atoms. The lowest BCUT2D eigenvalue weighted by Gasteiger charge is -2.36. The number of hydrogen-bond donors (Lipinski definition) is 2. The second kappa shape index (κ2) is 6.16. The van der Waals surface area contributed by atoms with Crippen LogP contribution in [0, 0.1) is 11.3 Å². The molecule has 1 saturated heterocycles. The molecule has 1 amide bonds. The number of anilines is 1.